The lowest BCUT2D eigenvalue weighted by atomic mass is 10.2. The van der Waals surface area contributed by atoms with Gasteiger partial charge in [-0.25, -0.2) is 0 Å². The van der Waals surface area contributed by atoms with E-state index in [0.29, 0.717) is 24.4 Å². The molecule has 16 heavy (non-hydrogen) atoms. The zero-order valence-corrected chi connectivity index (χ0v) is 10.3. The van der Waals surface area contributed by atoms with Crippen LogP contribution in [0.25, 0.3) is 0 Å². The highest BCUT2D eigenvalue weighted by molar-refractivity contribution is 6.18. The first-order valence-electron chi connectivity index (χ1n) is 5.77. The quantitative estimate of drug-likeness (QED) is 0.757. The predicted molar refractivity (Wildman–Crippen MR) is 66.5 cm³/mol. The maximum absolute atomic E-state index is 5.95. The molecule has 0 aromatic carbocycles. The molecule has 1 atom stereocenters. The van der Waals surface area contributed by atoms with Gasteiger partial charge in [0.05, 0.1) is 6.61 Å². The molecule has 2 heterocycles. The summed E-state index contributed by atoms with van der Waals surface area (Å²) in [5, 5.41) is 0. The predicted octanol–water partition coefficient (Wildman–Crippen LogP) is 2.69. The lowest BCUT2D eigenvalue weighted by molar-refractivity contribution is 0.327. The molecule has 0 saturated carbocycles. The fourth-order valence-electron chi connectivity index (χ4n) is 2.09. The molecule has 1 aliphatic heterocycles. The first kappa shape index (κ1) is 11.5. The zero-order valence-electron chi connectivity index (χ0n) is 9.53. The van der Waals surface area contributed by atoms with Crippen LogP contribution in [0.1, 0.15) is 19.8 Å². The summed E-state index contributed by atoms with van der Waals surface area (Å²) >= 11 is 5.95. The van der Waals surface area contributed by atoms with E-state index in [2.05, 4.69) is 9.88 Å². The van der Waals surface area contributed by atoms with Gasteiger partial charge in [0.25, 0.3) is 0 Å². The van der Waals surface area contributed by atoms with Crippen molar-refractivity contribution in [3.05, 3.63) is 18.2 Å². The van der Waals surface area contributed by atoms with Crippen molar-refractivity contribution in [2.24, 2.45) is 0 Å². The Labute approximate surface area is 101 Å². The van der Waals surface area contributed by atoms with Crippen molar-refractivity contribution in [1.82, 2.24) is 4.98 Å². The van der Waals surface area contributed by atoms with E-state index < -0.39 is 0 Å². The maximum atomic E-state index is 5.95. The Hall–Kier alpha value is -0.960. The Morgan fingerprint density at radius 1 is 1.56 bits per heavy atom. The number of anilines is 1. The van der Waals surface area contributed by atoms with Crippen LogP contribution in [0, 0.1) is 0 Å². The summed E-state index contributed by atoms with van der Waals surface area (Å²) in [6.07, 6.45) is 2.35. The van der Waals surface area contributed by atoms with Gasteiger partial charge in [0.1, 0.15) is 5.82 Å². The fraction of sp³-hybridized carbons (Fsp3) is 0.583. The third-order valence-electron chi connectivity index (χ3n) is 2.85. The van der Waals surface area contributed by atoms with Crippen molar-refractivity contribution in [2.75, 3.05) is 23.9 Å². The highest BCUT2D eigenvalue weighted by Crippen LogP contribution is 2.25. The number of pyridine rings is 1. The largest absolute Gasteiger partial charge is 0.478 e. The standard InChI is InChI=1S/C12H17ClN2O/c1-2-16-12-7-3-6-11(14-12)15-8-4-5-10(15)9-13/h3,6-7,10H,2,4-5,8-9H2,1H3. The molecule has 4 heteroatoms. The summed E-state index contributed by atoms with van der Waals surface area (Å²) in [5.74, 6) is 2.34. The molecule has 0 amide bonds. The monoisotopic (exact) mass is 240 g/mol. The van der Waals surface area contributed by atoms with Crippen molar-refractivity contribution in [2.45, 2.75) is 25.8 Å². The minimum absolute atomic E-state index is 0.422. The van der Waals surface area contributed by atoms with Crippen LogP contribution in [0.2, 0.25) is 0 Å². The van der Waals surface area contributed by atoms with E-state index in [1.165, 1.54) is 6.42 Å². The van der Waals surface area contributed by atoms with Gasteiger partial charge in [-0.3, -0.25) is 0 Å². The van der Waals surface area contributed by atoms with Crippen LogP contribution < -0.4 is 9.64 Å². The van der Waals surface area contributed by atoms with Gasteiger partial charge < -0.3 is 9.64 Å². The van der Waals surface area contributed by atoms with E-state index in [0.717, 1.165) is 18.8 Å². The molecule has 0 spiro atoms. The molecule has 2 rings (SSSR count). The van der Waals surface area contributed by atoms with Crippen LogP contribution in [0.5, 0.6) is 5.88 Å². The molecule has 3 nitrogen and oxygen atoms in total. The SMILES string of the molecule is CCOc1cccc(N2CCCC2CCl)n1. The summed E-state index contributed by atoms with van der Waals surface area (Å²) in [7, 11) is 0. The van der Waals surface area contributed by atoms with Gasteiger partial charge in [0, 0.05) is 24.5 Å². The van der Waals surface area contributed by atoms with Gasteiger partial charge in [-0.2, -0.15) is 4.98 Å². The van der Waals surface area contributed by atoms with Crippen LogP contribution in [0.15, 0.2) is 18.2 Å². The molecule has 1 unspecified atom stereocenters. The number of halogens is 1. The van der Waals surface area contributed by atoms with E-state index >= 15 is 0 Å². The molecule has 0 radical (unpaired) electrons. The van der Waals surface area contributed by atoms with Gasteiger partial charge in [0.2, 0.25) is 5.88 Å². The van der Waals surface area contributed by atoms with Gasteiger partial charge in [-0.1, -0.05) is 6.07 Å². The lowest BCUT2D eigenvalue weighted by Crippen LogP contribution is -2.31. The van der Waals surface area contributed by atoms with E-state index in [1.807, 2.05) is 25.1 Å². The fourth-order valence-corrected chi connectivity index (χ4v) is 2.41. The minimum Gasteiger partial charge on any atom is -0.478 e. The number of ether oxygens (including phenoxy) is 1. The second kappa shape index (κ2) is 5.39. The van der Waals surface area contributed by atoms with Crippen molar-refractivity contribution in [1.29, 1.82) is 0 Å². The number of hydrogen-bond donors (Lipinski definition) is 0. The molecule has 1 saturated heterocycles. The first-order valence-corrected chi connectivity index (χ1v) is 6.31. The number of nitrogens with zero attached hydrogens (tertiary/aromatic N) is 2. The molecule has 1 aromatic rings. The van der Waals surface area contributed by atoms with Crippen LogP contribution in [-0.2, 0) is 0 Å². The van der Waals surface area contributed by atoms with Crippen molar-refractivity contribution >= 4 is 17.4 Å². The Bertz CT molecular complexity index is 346. The summed E-state index contributed by atoms with van der Waals surface area (Å²) < 4.78 is 5.40. The number of alkyl halides is 1. The Morgan fingerprint density at radius 3 is 3.19 bits per heavy atom. The van der Waals surface area contributed by atoms with Crippen LogP contribution in [-0.4, -0.2) is 30.1 Å². The van der Waals surface area contributed by atoms with Gasteiger partial charge >= 0.3 is 0 Å². The molecule has 1 fully saturated rings. The molecule has 0 N–H and O–H groups in total. The second-order valence-corrected chi connectivity index (χ2v) is 4.22. The molecular formula is C12H17ClN2O. The third kappa shape index (κ3) is 2.40. The smallest absolute Gasteiger partial charge is 0.215 e. The van der Waals surface area contributed by atoms with Crippen molar-refractivity contribution < 1.29 is 4.74 Å². The average Bonchev–Trinajstić information content (AvgIpc) is 2.78. The topological polar surface area (TPSA) is 25.4 Å². The molecule has 1 aromatic heterocycles. The molecule has 0 bridgehead atoms. The number of rotatable bonds is 4. The summed E-state index contributed by atoms with van der Waals surface area (Å²) in [6, 6.07) is 6.31. The zero-order chi connectivity index (χ0) is 11.4. The van der Waals surface area contributed by atoms with Crippen LogP contribution in [0.4, 0.5) is 5.82 Å². The maximum Gasteiger partial charge on any atom is 0.215 e. The normalized spacial score (nSPS) is 20.1. The first-order chi connectivity index (χ1) is 7.85. The van der Waals surface area contributed by atoms with Crippen molar-refractivity contribution in [3.8, 4) is 5.88 Å². The van der Waals surface area contributed by atoms with Gasteiger partial charge in [-0.05, 0) is 25.8 Å². The second-order valence-electron chi connectivity index (χ2n) is 3.91. The third-order valence-corrected chi connectivity index (χ3v) is 3.21. The molecule has 1 aliphatic rings. The Morgan fingerprint density at radius 2 is 2.44 bits per heavy atom. The van der Waals surface area contributed by atoms with Crippen molar-refractivity contribution in [3.63, 3.8) is 0 Å². The van der Waals surface area contributed by atoms with E-state index in [4.69, 9.17) is 16.3 Å². The van der Waals surface area contributed by atoms with Gasteiger partial charge in [0.15, 0.2) is 0 Å². The highest BCUT2D eigenvalue weighted by atomic mass is 35.5. The molecule has 0 aliphatic carbocycles. The van der Waals surface area contributed by atoms with E-state index in [1.54, 1.807) is 0 Å². The number of hydrogen-bond acceptors (Lipinski definition) is 3. The van der Waals surface area contributed by atoms with Crippen LogP contribution in [0.3, 0.4) is 0 Å². The van der Waals surface area contributed by atoms with Crippen LogP contribution >= 0.6 is 11.6 Å². The minimum atomic E-state index is 0.422. The van der Waals surface area contributed by atoms with E-state index in [9.17, 15) is 0 Å². The summed E-state index contributed by atoms with van der Waals surface area (Å²) in [4.78, 5) is 6.76. The molecule has 88 valence electrons. The summed E-state index contributed by atoms with van der Waals surface area (Å²) in [6.45, 7) is 3.65. The Balaban J connectivity index is 2.16. The number of aromatic nitrogens is 1. The molecular weight excluding hydrogens is 224 g/mol. The van der Waals surface area contributed by atoms with E-state index in [-0.39, 0.29) is 0 Å². The Kier molecular flexibility index (Phi) is 3.88. The van der Waals surface area contributed by atoms with Gasteiger partial charge in [-0.15, -0.1) is 11.6 Å². The highest BCUT2D eigenvalue weighted by Gasteiger charge is 2.24. The summed E-state index contributed by atoms with van der Waals surface area (Å²) in [5.41, 5.74) is 0. The lowest BCUT2D eigenvalue weighted by Gasteiger charge is -2.24. The average molecular weight is 241 g/mol.